The zero-order valence-electron chi connectivity index (χ0n) is 8.01. The van der Waals surface area contributed by atoms with Gasteiger partial charge in [0.2, 0.25) is 0 Å². The Kier molecular flexibility index (Phi) is 2.45. The maximum Gasteiger partial charge on any atom is 0.363 e. The largest absolute Gasteiger partial charge is 0.399 e. The van der Waals surface area contributed by atoms with Gasteiger partial charge < -0.3 is 9.26 Å². The van der Waals surface area contributed by atoms with Crippen molar-refractivity contribution in [2.45, 2.75) is 6.92 Å². The normalized spacial score (nSPS) is 9.93. The molecule has 2 rings (SSSR count). The SMILES string of the molecule is Cc1cc(OC(=O)c2ccccn2)no1. The van der Waals surface area contributed by atoms with Crippen LogP contribution < -0.4 is 4.74 Å². The summed E-state index contributed by atoms with van der Waals surface area (Å²) in [6.07, 6.45) is 1.52. The molecule has 5 heteroatoms. The molecule has 0 unspecified atom stereocenters. The summed E-state index contributed by atoms with van der Waals surface area (Å²) in [7, 11) is 0. The van der Waals surface area contributed by atoms with E-state index in [1.165, 1.54) is 12.3 Å². The van der Waals surface area contributed by atoms with Gasteiger partial charge >= 0.3 is 5.97 Å². The first kappa shape index (κ1) is 9.39. The maximum absolute atomic E-state index is 11.5. The van der Waals surface area contributed by atoms with Crippen LogP contribution in [-0.2, 0) is 0 Å². The summed E-state index contributed by atoms with van der Waals surface area (Å²) in [5.74, 6) is 0.172. The summed E-state index contributed by atoms with van der Waals surface area (Å²) in [4.78, 5) is 15.3. The highest BCUT2D eigenvalue weighted by Crippen LogP contribution is 2.11. The molecule has 0 aliphatic rings. The third-order valence-corrected chi connectivity index (χ3v) is 1.68. The van der Waals surface area contributed by atoms with Gasteiger partial charge in [-0.15, -0.1) is 0 Å². The fraction of sp³-hybridized carbons (Fsp3) is 0.100. The minimum atomic E-state index is -0.552. The van der Waals surface area contributed by atoms with Crippen molar-refractivity contribution in [3.63, 3.8) is 0 Å². The molecule has 2 aromatic rings. The van der Waals surface area contributed by atoms with E-state index in [1.807, 2.05) is 0 Å². The van der Waals surface area contributed by atoms with Crippen molar-refractivity contribution in [1.82, 2.24) is 10.1 Å². The summed E-state index contributed by atoms with van der Waals surface area (Å²) in [6, 6.07) is 6.52. The molecule has 0 aliphatic carbocycles. The molecular formula is C10H8N2O3. The van der Waals surface area contributed by atoms with E-state index in [1.54, 1.807) is 25.1 Å². The molecule has 0 N–H and O–H groups in total. The van der Waals surface area contributed by atoms with Gasteiger partial charge in [-0.25, -0.2) is 9.78 Å². The van der Waals surface area contributed by atoms with E-state index >= 15 is 0 Å². The second-order valence-electron chi connectivity index (χ2n) is 2.88. The highest BCUT2D eigenvalue weighted by Gasteiger charge is 2.11. The van der Waals surface area contributed by atoms with Crippen LogP contribution in [0.3, 0.4) is 0 Å². The number of rotatable bonds is 2. The maximum atomic E-state index is 11.5. The van der Waals surface area contributed by atoms with E-state index in [-0.39, 0.29) is 11.6 Å². The van der Waals surface area contributed by atoms with Gasteiger partial charge in [-0.3, -0.25) is 0 Å². The number of carbonyl (C=O) groups is 1. The molecule has 76 valence electrons. The summed E-state index contributed by atoms with van der Waals surface area (Å²) in [5.41, 5.74) is 0.234. The molecule has 0 radical (unpaired) electrons. The smallest absolute Gasteiger partial charge is 0.363 e. The van der Waals surface area contributed by atoms with Crippen LogP contribution in [0.15, 0.2) is 35.0 Å². The first-order valence-electron chi connectivity index (χ1n) is 4.32. The van der Waals surface area contributed by atoms with Crippen molar-refractivity contribution in [2.24, 2.45) is 0 Å². The number of nitrogens with zero attached hydrogens (tertiary/aromatic N) is 2. The molecule has 0 atom stereocenters. The van der Waals surface area contributed by atoms with E-state index in [9.17, 15) is 4.79 Å². The molecule has 0 bridgehead atoms. The number of hydrogen-bond acceptors (Lipinski definition) is 5. The summed E-state index contributed by atoms with van der Waals surface area (Å²) >= 11 is 0. The van der Waals surface area contributed by atoms with Crippen LogP contribution in [-0.4, -0.2) is 16.1 Å². The second kappa shape index (κ2) is 3.91. The fourth-order valence-electron chi connectivity index (χ4n) is 1.02. The second-order valence-corrected chi connectivity index (χ2v) is 2.88. The molecule has 2 aromatic heterocycles. The van der Waals surface area contributed by atoms with Crippen LogP contribution in [0.2, 0.25) is 0 Å². The molecule has 0 aromatic carbocycles. The molecule has 0 aliphatic heterocycles. The molecule has 0 fully saturated rings. The Labute approximate surface area is 85.7 Å². The number of aryl methyl sites for hydroxylation is 1. The zero-order valence-corrected chi connectivity index (χ0v) is 8.01. The number of aromatic nitrogens is 2. The molecule has 15 heavy (non-hydrogen) atoms. The van der Waals surface area contributed by atoms with Crippen LogP contribution in [0.4, 0.5) is 0 Å². The molecule has 0 amide bonds. The predicted molar refractivity (Wildman–Crippen MR) is 50.4 cm³/mol. The van der Waals surface area contributed by atoms with Gasteiger partial charge in [-0.2, -0.15) is 0 Å². The molecule has 0 saturated carbocycles. The van der Waals surface area contributed by atoms with Gasteiger partial charge in [0, 0.05) is 12.3 Å². The Morgan fingerprint density at radius 3 is 2.93 bits per heavy atom. The third kappa shape index (κ3) is 2.19. The first-order valence-corrected chi connectivity index (χ1v) is 4.32. The van der Waals surface area contributed by atoms with Crippen LogP contribution in [0.5, 0.6) is 5.88 Å². The van der Waals surface area contributed by atoms with Gasteiger partial charge in [0.05, 0.1) is 0 Å². The Morgan fingerprint density at radius 1 is 1.47 bits per heavy atom. The van der Waals surface area contributed by atoms with Crippen LogP contribution in [0.1, 0.15) is 16.2 Å². The average Bonchev–Trinajstić information content (AvgIpc) is 2.65. The van der Waals surface area contributed by atoms with Gasteiger partial charge in [-0.1, -0.05) is 6.07 Å². The van der Waals surface area contributed by atoms with Gasteiger partial charge in [0.15, 0.2) is 0 Å². The van der Waals surface area contributed by atoms with Gasteiger partial charge in [-0.05, 0) is 24.2 Å². The standard InChI is InChI=1S/C10H8N2O3/c1-7-6-9(12-15-7)14-10(13)8-4-2-3-5-11-8/h2-6H,1H3. The number of pyridine rings is 1. The first-order chi connectivity index (χ1) is 7.25. The van der Waals surface area contributed by atoms with E-state index in [4.69, 9.17) is 9.26 Å². The van der Waals surface area contributed by atoms with Crippen LogP contribution in [0.25, 0.3) is 0 Å². The van der Waals surface area contributed by atoms with E-state index in [2.05, 4.69) is 10.1 Å². The number of hydrogen-bond donors (Lipinski definition) is 0. The van der Waals surface area contributed by atoms with Crippen molar-refractivity contribution in [3.8, 4) is 5.88 Å². The van der Waals surface area contributed by atoms with E-state index < -0.39 is 5.97 Å². The number of carbonyl (C=O) groups excluding carboxylic acids is 1. The lowest BCUT2D eigenvalue weighted by molar-refractivity contribution is 0.0714. The van der Waals surface area contributed by atoms with Gasteiger partial charge in [0.1, 0.15) is 11.5 Å². The zero-order chi connectivity index (χ0) is 10.7. The van der Waals surface area contributed by atoms with Crippen molar-refractivity contribution < 1.29 is 14.1 Å². The predicted octanol–water partition coefficient (Wildman–Crippen LogP) is 1.60. The van der Waals surface area contributed by atoms with E-state index in [0.717, 1.165) is 0 Å². The Balaban J connectivity index is 2.11. The minimum absolute atomic E-state index is 0.142. The molecule has 2 heterocycles. The molecular weight excluding hydrogens is 196 g/mol. The van der Waals surface area contributed by atoms with Crippen molar-refractivity contribution in [2.75, 3.05) is 0 Å². The number of ether oxygens (including phenoxy) is 1. The summed E-state index contributed by atoms with van der Waals surface area (Å²) in [5, 5.41) is 3.54. The lowest BCUT2D eigenvalue weighted by Crippen LogP contribution is -2.10. The lowest BCUT2D eigenvalue weighted by atomic mass is 10.3. The van der Waals surface area contributed by atoms with Crippen LogP contribution >= 0.6 is 0 Å². The summed E-state index contributed by atoms with van der Waals surface area (Å²) < 4.78 is 9.67. The van der Waals surface area contributed by atoms with E-state index in [0.29, 0.717) is 5.76 Å². The monoisotopic (exact) mass is 204 g/mol. The van der Waals surface area contributed by atoms with Gasteiger partial charge in [0.25, 0.3) is 5.88 Å². The molecule has 0 spiro atoms. The topological polar surface area (TPSA) is 65.2 Å². The number of esters is 1. The Bertz CT molecular complexity index is 465. The highest BCUT2D eigenvalue weighted by molar-refractivity contribution is 5.88. The van der Waals surface area contributed by atoms with Crippen molar-refractivity contribution in [3.05, 3.63) is 41.9 Å². The van der Waals surface area contributed by atoms with Crippen LogP contribution in [0, 0.1) is 6.92 Å². The Morgan fingerprint density at radius 2 is 2.33 bits per heavy atom. The quantitative estimate of drug-likeness (QED) is 0.695. The Hall–Kier alpha value is -2.17. The minimum Gasteiger partial charge on any atom is -0.399 e. The summed E-state index contributed by atoms with van der Waals surface area (Å²) in [6.45, 7) is 1.71. The molecule has 5 nitrogen and oxygen atoms in total. The molecule has 0 saturated heterocycles. The van der Waals surface area contributed by atoms with Crippen molar-refractivity contribution in [1.29, 1.82) is 0 Å². The third-order valence-electron chi connectivity index (χ3n) is 1.68. The highest BCUT2D eigenvalue weighted by atomic mass is 16.6. The van der Waals surface area contributed by atoms with Crippen molar-refractivity contribution >= 4 is 5.97 Å². The fourth-order valence-corrected chi connectivity index (χ4v) is 1.02. The lowest BCUT2D eigenvalue weighted by Gasteiger charge is -1.97. The average molecular weight is 204 g/mol.